The molecule has 4 nitrogen and oxygen atoms in total. The monoisotopic (exact) mass is 351 g/mol. The Morgan fingerprint density at radius 2 is 1.55 bits per heavy atom. The molecule has 2 N–H and O–H groups in total. The molecule has 0 aromatic heterocycles. The highest BCUT2D eigenvalue weighted by Gasteiger charge is 2.21. The van der Waals surface area contributed by atoms with Gasteiger partial charge in [0.2, 0.25) is 0 Å². The summed E-state index contributed by atoms with van der Waals surface area (Å²) in [5.41, 5.74) is 0.296. The van der Waals surface area contributed by atoms with Crippen LogP contribution in [0.15, 0.2) is 41.3 Å². The Labute approximate surface area is 131 Å². The lowest BCUT2D eigenvalue weighted by atomic mass is 10.3. The zero-order valence-corrected chi connectivity index (χ0v) is 12.9. The van der Waals surface area contributed by atoms with Crippen LogP contribution in [-0.4, -0.2) is 13.5 Å². The van der Waals surface area contributed by atoms with E-state index in [2.05, 4.69) is 4.72 Å². The highest BCUT2D eigenvalue weighted by Crippen LogP contribution is 2.35. The summed E-state index contributed by atoms with van der Waals surface area (Å²) in [5, 5.41) is 10.2. The van der Waals surface area contributed by atoms with E-state index < -0.39 is 20.7 Å². The summed E-state index contributed by atoms with van der Waals surface area (Å²) in [6.45, 7) is 0. The number of halogens is 3. The molecule has 2 rings (SSSR count). The van der Waals surface area contributed by atoms with Crippen LogP contribution in [0.4, 0.5) is 5.69 Å². The Bertz CT molecular complexity index is 745. The van der Waals surface area contributed by atoms with E-state index >= 15 is 0 Å². The Morgan fingerprint density at radius 1 is 0.950 bits per heavy atom. The molecular weight excluding hydrogens is 345 g/mol. The van der Waals surface area contributed by atoms with E-state index in [4.69, 9.17) is 34.8 Å². The average molecular weight is 353 g/mol. The number of phenolic OH excluding ortho intramolecular Hbond substituents is 1. The first-order chi connectivity index (χ1) is 9.29. The van der Waals surface area contributed by atoms with Crippen molar-refractivity contribution in [2.45, 2.75) is 4.90 Å². The van der Waals surface area contributed by atoms with Crippen molar-refractivity contribution in [3.8, 4) is 5.75 Å². The fraction of sp³-hybridized carbons (Fsp3) is 0. The van der Waals surface area contributed by atoms with Gasteiger partial charge < -0.3 is 5.11 Å². The molecule has 0 bridgehead atoms. The molecule has 0 saturated heterocycles. The lowest BCUT2D eigenvalue weighted by Gasteiger charge is -2.11. The van der Waals surface area contributed by atoms with Gasteiger partial charge in [0.25, 0.3) is 10.0 Å². The topological polar surface area (TPSA) is 66.4 Å². The summed E-state index contributed by atoms with van der Waals surface area (Å²) < 4.78 is 26.7. The minimum atomic E-state index is -4.01. The van der Waals surface area contributed by atoms with Gasteiger partial charge in [0.15, 0.2) is 5.75 Å². The number of rotatable bonds is 3. The van der Waals surface area contributed by atoms with Gasteiger partial charge in [-0.25, -0.2) is 8.42 Å². The van der Waals surface area contributed by atoms with Crippen molar-refractivity contribution in [1.82, 2.24) is 0 Å². The van der Waals surface area contributed by atoms with Crippen molar-refractivity contribution < 1.29 is 13.5 Å². The van der Waals surface area contributed by atoms with E-state index in [1.165, 1.54) is 30.3 Å². The van der Waals surface area contributed by atoms with Gasteiger partial charge in [0.1, 0.15) is 4.90 Å². The van der Waals surface area contributed by atoms with Crippen LogP contribution in [0.3, 0.4) is 0 Å². The van der Waals surface area contributed by atoms with Crippen molar-refractivity contribution in [2.24, 2.45) is 0 Å². The fourth-order valence-electron chi connectivity index (χ4n) is 1.48. The first-order valence-corrected chi connectivity index (χ1v) is 7.88. The van der Waals surface area contributed by atoms with Gasteiger partial charge in [-0.2, -0.15) is 0 Å². The molecule has 0 aliphatic rings. The van der Waals surface area contributed by atoms with Gasteiger partial charge in [-0.05, 0) is 36.4 Å². The summed E-state index contributed by atoms with van der Waals surface area (Å²) in [6.07, 6.45) is 0. The molecule has 0 fully saturated rings. The zero-order chi connectivity index (χ0) is 14.9. The average Bonchev–Trinajstić information content (AvgIpc) is 2.36. The zero-order valence-electron chi connectivity index (χ0n) is 9.77. The third-order valence-corrected chi connectivity index (χ3v) is 4.53. The lowest BCUT2D eigenvalue weighted by molar-refractivity contribution is 0.459. The van der Waals surface area contributed by atoms with Gasteiger partial charge in [-0.1, -0.05) is 34.8 Å². The minimum absolute atomic E-state index is 0.101. The molecule has 2 aromatic rings. The van der Waals surface area contributed by atoms with Gasteiger partial charge in [0, 0.05) is 15.7 Å². The number of anilines is 1. The molecule has 2 aromatic carbocycles. The summed E-state index contributed by atoms with van der Waals surface area (Å²) in [6, 6.07) is 8.40. The normalized spacial score (nSPS) is 11.3. The Kier molecular flexibility index (Phi) is 4.34. The van der Waals surface area contributed by atoms with Gasteiger partial charge in [-0.15, -0.1) is 0 Å². The van der Waals surface area contributed by atoms with Gasteiger partial charge in [-0.3, -0.25) is 4.72 Å². The second-order valence-corrected chi connectivity index (χ2v) is 6.78. The van der Waals surface area contributed by atoms with Crippen molar-refractivity contribution in [1.29, 1.82) is 0 Å². The largest absolute Gasteiger partial charge is 0.505 e. The Hall–Kier alpha value is -1.14. The number of hydrogen-bond acceptors (Lipinski definition) is 3. The van der Waals surface area contributed by atoms with Crippen LogP contribution < -0.4 is 4.72 Å². The summed E-state index contributed by atoms with van der Waals surface area (Å²) in [4.78, 5) is -0.398. The molecule has 0 saturated carbocycles. The van der Waals surface area contributed by atoms with E-state index in [-0.39, 0.29) is 10.0 Å². The van der Waals surface area contributed by atoms with Crippen LogP contribution in [0, 0.1) is 0 Å². The lowest BCUT2D eigenvalue weighted by Crippen LogP contribution is -2.13. The van der Waals surface area contributed by atoms with Crippen molar-refractivity contribution >= 4 is 50.5 Å². The molecular formula is C12H8Cl3NO3S. The first-order valence-electron chi connectivity index (χ1n) is 5.26. The number of hydrogen-bond donors (Lipinski definition) is 2. The Morgan fingerprint density at radius 3 is 2.15 bits per heavy atom. The highest BCUT2D eigenvalue weighted by atomic mass is 35.5. The first kappa shape index (κ1) is 15.3. The molecule has 0 radical (unpaired) electrons. The molecule has 0 aliphatic carbocycles. The Balaban J connectivity index is 2.43. The number of phenols is 1. The molecule has 0 spiro atoms. The van der Waals surface area contributed by atoms with Crippen LogP contribution in [0.25, 0.3) is 0 Å². The molecule has 20 heavy (non-hydrogen) atoms. The van der Waals surface area contributed by atoms with Crippen molar-refractivity contribution in [3.63, 3.8) is 0 Å². The quantitative estimate of drug-likeness (QED) is 0.872. The maximum Gasteiger partial charge on any atom is 0.265 e. The highest BCUT2D eigenvalue weighted by molar-refractivity contribution is 7.92. The maximum absolute atomic E-state index is 12.2. The maximum atomic E-state index is 12.2. The molecule has 0 unspecified atom stereocenters. The van der Waals surface area contributed by atoms with E-state index in [0.717, 1.165) is 6.07 Å². The molecule has 0 heterocycles. The van der Waals surface area contributed by atoms with Crippen LogP contribution in [0.1, 0.15) is 0 Å². The third kappa shape index (κ3) is 3.30. The second kappa shape index (κ2) is 5.69. The number of nitrogens with one attached hydrogen (secondary N) is 1. The summed E-state index contributed by atoms with van der Waals surface area (Å²) >= 11 is 17.2. The van der Waals surface area contributed by atoms with Crippen molar-refractivity contribution in [2.75, 3.05) is 4.72 Å². The van der Waals surface area contributed by atoms with E-state index in [1.54, 1.807) is 0 Å². The van der Waals surface area contributed by atoms with Gasteiger partial charge >= 0.3 is 0 Å². The second-order valence-electron chi connectivity index (χ2n) is 3.85. The van der Waals surface area contributed by atoms with E-state index in [0.29, 0.717) is 10.7 Å². The number of sulfonamides is 1. The SMILES string of the molecule is O=S(=O)(Nc1ccc(Cl)cc1)c1cc(Cl)cc(Cl)c1O. The predicted octanol–water partition coefficient (Wildman–Crippen LogP) is 4.15. The molecule has 8 heteroatoms. The molecule has 0 amide bonds. The van der Waals surface area contributed by atoms with Crippen LogP contribution >= 0.6 is 34.8 Å². The number of aromatic hydroxyl groups is 1. The number of benzene rings is 2. The predicted molar refractivity (Wildman–Crippen MR) is 80.4 cm³/mol. The molecule has 0 atom stereocenters. The fourth-order valence-corrected chi connectivity index (χ4v) is 3.42. The van der Waals surface area contributed by atoms with Gasteiger partial charge in [0.05, 0.1) is 5.02 Å². The molecule has 106 valence electrons. The van der Waals surface area contributed by atoms with Crippen LogP contribution in [-0.2, 0) is 10.0 Å². The summed E-state index contributed by atoms with van der Waals surface area (Å²) in [5.74, 6) is -0.558. The van der Waals surface area contributed by atoms with Crippen LogP contribution in [0.2, 0.25) is 15.1 Å². The molecule has 0 aliphatic heterocycles. The summed E-state index contributed by atoms with van der Waals surface area (Å²) in [7, 11) is -4.01. The van der Waals surface area contributed by atoms with E-state index in [9.17, 15) is 13.5 Å². The smallest absolute Gasteiger partial charge is 0.265 e. The standard InChI is InChI=1S/C12H8Cl3NO3S/c13-7-1-3-9(4-2-7)16-20(18,19)11-6-8(14)5-10(15)12(11)17/h1-6,16-17H. The van der Waals surface area contributed by atoms with Crippen molar-refractivity contribution in [3.05, 3.63) is 51.5 Å². The minimum Gasteiger partial charge on any atom is -0.505 e. The third-order valence-electron chi connectivity index (χ3n) is 2.38. The van der Waals surface area contributed by atoms with E-state index in [1.807, 2.05) is 0 Å². The van der Waals surface area contributed by atoms with Crippen LogP contribution in [0.5, 0.6) is 5.75 Å².